The summed E-state index contributed by atoms with van der Waals surface area (Å²) in [6, 6.07) is 0. The minimum atomic E-state index is -2.94. The third kappa shape index (κ3) is 7.55. The highest BCUT2D eigenvalue weighted by Gasteiger charge is 2.30. The summed E-state index contributed by atoms with van der Waals surface area (Å²) in [4.78, 5) is 20.9. The molecule has 2 aliphatic rings. The van der Waals surface area contributed by atoms with E-state index in [1.165, 1.54) is 6.26 Å². The quantitative estimate of drug-likeness (QED) is 0.244. The Balaban J connectivity index is 0.00000338. The predicted molar refractivity (Wildman–Crippen MR) is 113 cm³/mol. The molecular formula is C16H31IN4O4S. The first kappa shape index (κ1) is 23.4. The number of hydrogen-bond acceptors (Lipinski definition) is 5. The molecule has 1 unspecified atom stereocenters. The van der Waals surface area contributed by atoms with Crippen molar-refractivity contribution in [3.05, 3.63) is 0 Å². The highest BCUT2D eigenvalue weighted by atomic mass is 127. The van der Waals surface area contributed by atoms with E-state index in [1.54, 1.807) is 0 Å². The molecule has 2 aliphatic heterocycles. The van der Waals surface area contributed by atoms with Crippen LogP contribution in [0.25, 0.3) is 0 Å². The lowest BCUT2D eigenvalue weighted by molar-refractivity contribution is -0.142. The molecule has 0 aromatic rings. The molecule has 2 fully saturated rings. The van der Waals surface area contributed by atoms with Crippen molar-refractivity contribution in [2.75, 3.05) is 57.9 Å². The van der Waals surface area contributed by atoms with E-state index in [0.717, 1.165) is 38.4 Å². The summed E-state index contributed by atoms with van der Waals surface area (Å²) in [5.41, 5.74) is 0. The molecule has 1 atom stereocenters. The number of halogens is 1. The lowest BCUT2D eigenvalue weighted by Gasteiger charge is -2.37. The van der Waals surface area contributed by atoms with Crippen LogP contribution in [-0.2, 0) is 19.4 Å². The second-order valence-electron chi connectivity index (χ2n) is 6.53. The van der Waals surface area contributed by atoms with Gasteiger partial charge in [0.1, 0.15) is 15.9 Å². The Morgan fingerprint density at radius 1 is 1.23 bits per heavy atom. The van der Waals surface area contributed by atoms with Crippen molar-refractivity contribution >= 4 is 45.7 Å². The number of ether oxygens (including phenoxy) is 1. The van der Waals surface area contributed by atoms with Gasteiger partial charge in [-0.2, -0.15) is 0 Å². The van der Waals surface area contributed by atoms with Gasteiger partial charge in [0, 0.05) is 52.1 Å². The van der Waals surface area contributed by atoms with Crippen LogP contribution in [0.4, 0.5) is 0 Å². The van der Waals surface area contributed by atoms with Crippen molar-refractivity contribution in [2.24, 2.45) is 4.99 Å². The lowest BCUT2D eigenvalue weighted by atomic mass is 10.2. The van der Waals surface area contributed by atoms with E-state index in [2.05, 4.69) is 15.2 Å². The van der Waals surface area contributed by atoms with Crippen molar-refractivity contribution in [3.8, 4) is 0 Å². The molecule has 1 N–H and O–H groups in total. The van der Waals surface area contributed by atoms with E-state index in [1.807, 2.05) is 11.8 Å². The topological polar surface area (TPSA) is 91.3 Å². The van der Waals surface area contributed by atoms with Crippen LogP contribution < -0.4 is 5.32 Å². The van der Waals surface area contributed by atoms with Crippen molar-refractivity contribution in [2.45, 2.75) is 32.3 Å². The first-order valence-electron chi connectivity index (χ1n) is 9.02. The number of rotatable bonds is 6. The summed E-state index contributed by atoms with van der Waals surface area (Å²) in [6.07, 6.45) is 3.28. The van der Waals surface area contributed by atoms with Gasteiger partial charge in [-0.1, -0.05) is 0 Å². The Morgan fingerprint density at radius 2 is 1.88 bits per heavy atom. The van der Waals surface area contributed by atoms with Crippen LogP contribution in [0.1, 0.15) is 26.2 Å². The Hall–Kier alpha value is -0.620. The average molecular weight is 502 g/mol. The molecule has 8 nitrogen and oxygen atoms in total. The number of carbonyl (C=O) groups is 1. The summed E-state index contributed by atoms with van der Waals surface area (Å²) < 4.78 is 27.9. The maximum Gasteiger partial charge on any atom is 0.251 e. The van der Waals surface area contributed by atoms with Gasteiger partial charge in [-0.3, -0.25) is 9.79 Å². The highest BCUT2D eigenvalue weighted by molar-refractivity contribution is 14.0. The minimum absolute atomic E-state index is 0. The van der Waals surface area contributed by atoms with Gasteiger partial charge in [0.15, 0.2) is 5.96 Å². The fourth-order valence-electron chi connectivity index (χ4n) is 3.05. The van der Waals surface area contributed by atoms with Crippen LogP contribution >= 0.6 is 24.0 Å². The third-order valence-electron chi connectivity index (χ3n) is 4.37. The molecule has 0 saturated carbocycles. The number of piperazine rings is 1. The molecule has 0 bridgehead atoms. The number of aliphatic imine (C=N–C) groups is 1. The Labute approximate surface area is 173 Å². The van der Waals surface area contributed by atoms with Crippen LogP contribution in [0.3, 0.4) is 0 Å². The van der Waals surface area contributed by atoms with Crippen molar-refractivity contribution in [1.82, 2.24) is 15.1 Å². The summed E-state index contributed by atoms with van der Waals surface area (Å²) in [6.45, 7) is 6.67. The molecule has 0 aliphatic carbocycles. The fourth-order valence-corrected chi connectivity index (χ4v) is 3.71. The molecule has 1 amide bonds. The summed E-state index contributed by atoms with van der Waals surface area (Å²) in [5, 5.41) is 3.25. The van der Waals surface area contributed by atoms with Crippen LogP contribution in [0.15, 0.2) is 4.99 Å². The van der Waals surface area contributed by atoms with Crippen LogP contribution in [0, 0.1) is 0 Å². The number of hydrogen-bond donors (Lipinski definition) is 1. The van der Waals surface area contributed by atoms with E-state index in [4.69, 9.17) is 4.74 Å². The maximum absolute atomic E-state index is 12.4. The molecule has 10 heteroatoms. The van der Waals surface area contributed by atoms with Gasteiger partial charge >= 0.3 is 0 Å². The minimum Gasteiger partial charge on any atom is -0.368 e. The normalized spacial score (nSPS) is 21.5. The monoisotopic (exact) mass is 502 g/mol. The number of carbonyl (C=O) groups excluding carboxylic acids is 1. The van der Waals surface area contributed by atoms with Crippen molar-refractivity contribution < 1.29 is 17.9 Å². The highest BCUT2D eigenvalue weighted by Crippen LogP contribution is 2.16. The molecule has 2 rings (SSSR count). The molecule has 0 spiro atoms. The number of nitrogens with zero attached hydrogens (tertiary/aromatic N) is 3. The molecule has 2 heterocycles. The van der Waals surface area contributed by atoms with E-state index in [-0.39, 0.29) is 41.7 Å². The van der Waals surface area contributed by atoms with Gasteiger partial charge in [-0.15, -0.1) is 24.0 Å². The Bertz CT molecular complexity index is 571. The van der Waals surface area contributed by atoms with Crippen LogP contribution in [0.2, 0.25) is 0 Å². The SMILES string of the molecule is CCNC(=NCCCS(C)(=O)=O)N1CCN(C(=O)C2CCCO2)CC1.I. The molecule has 0 radical (unpaired) electrons. The molecule has 0 aromatic heterocycles. The third-order valence-corrected chi connectivity index (χ3v) is 5.40. The fraction of sp³-hybridized carbons (Fsp3) is 0.875. The van der Waals surface area contributed by atoms with Crippen molar-refractivity contribution in [1.29, 1.82) is 0 Å². The largest absolute Gasteiger partial charge is 0.368 e. The van der Waals surface area contributed by atoms with E-state index in [9.17, 15) is 13.2 Å². The summed E-state index contributed by atoms with van der Waals surface area (Å²) in [7, 11) is -2.94. The number of guanidine groups is 1. The standard InChI is InChI=1S/C16H30N4O4S.HI/c1-3-17-16(18-7-5-13-25(2,22)23)20-10-8-19(9-11-20)15(21)14-6-4-12-24-14;/h14H,3-13H2,1-2H3,(H,17,18);1H. The van der Waals surface area contributed by atoms with Gasteiger partial charge in [0.25, 0.3) is 5.91 Å². The van der Waals surface area contributed by atoms with Crippen LogP contribution in [0.5, 0.6) is 0 Å². The molecular weight excluding hydrogens is 471 g/mol. The zero-order valence-electron chi connectivity index (χ0n) is 15.6. The number of sulfone groups is 1. The number of nitrogens with one attached hydrogen (secondary N) is 1. The lowest BCUT2D eigenvalue weighted by Crippen LogP contribution is -2.55. The van der Waals surface area contributed by atoms with E-state index < -0.39 is 9.84 Å². The molecule has 2 saturated heterocycles. The predicted octanol–water partition coefficient (Wildman–Crippen LogP) is 0.328. The zero-order valence-corrected chi connectivity index (χ0v) is 18.8. The van der Waals surface area contributed by atoms with Gasteiger partial charge in [-0.25, -0.2) is 8.42 Å². The van der Waals surface area contributed by atoms with Gasteiger partial charge in [0.05, 0.1) is 5.75 Å². The summed E-state index contributed by atoms with van der Waals surface area (Å²) in [5.74, 6) is 1.05. The van der Waals surface area contributed by atoms with Gasteiger partial charge in [-0.05, 0) is 26.2 Å². The smallest absolute Gasteiger partial charge is 0.251 e. The van der Waals surface area contributed by atoms with E-state index >= 15 is 0 Å². The Morgan fingerprint density at radius 3 is 2.42 bits per heavy atom. The number of amides is 1. The maximum atomic E-state index is 12.4. The van der Waals surface area contributed by atoms with Crippen molar-refractivity contribution in [3.63, 3.8) is 0 Å². The summed E-state index contributed by atoms with van der Waals surface area (Å²) >= 11 is 0. The average Bonchev–Trinajstić information content (AvgIpc) is 3.11. The second kappa shape index (κ2) is 11.3. The zero-order chi connectivity index (χ0) is 18.3. The second-order valence-corrected chi connectivity index (χ2v) is 8.79. The molecule has 26 heavy (non-hydrogen) atoms. The molecule has 0 aromatic carbocycles. The van der Waals surface area contributed by atoms with Gasteiger partial charge in [0.2, 0.25) is 0 Å². The van der Waals surface area contributed by atoms with Crippen LogP contribution in [-0.4, -0.2) is 94.1 Å². The van der Waals surface area contributed by atoms with E-state index in [0.29, 0.717) is 32.7 Å². The Kier molecular flexibility index (Phi) is 10.2. The first-order valence-corrected chi connectivity index (χ1v) is 11.1. The molecule has 152 valence electrons. The van der Waals surface area contributed by atoms with Gasteiger partial charge < -0.3 is 19.9 Å². The first-order chi connectivity index (χ1) is 11.9.